The molecule has 0 saturated carbocycles. The minimum absolute atomic E-state index is 0.0474. The highest BCUT2D eigenvalue weighted by molar-refractivity contribution is 7.92. The van der Waals surface area contributed by atoms with Crippen LogP contribution in [-0.4, -0.2) is 13.5 Å². The third-order valence-corrected chi connectivity index (χ3v) is 3.92. The Labute approximate surface area is 110 Å². The highest BCUT2D eigenvalue weighted by atomic mass is 32.2. The molecular weight excluding hydrogens is 269 g/mol. The van der Waals surface area contributed by atoms with E-state index in [-0.39, 0.29) is 10.6 Å². The van der Waals surface area contributed by atoms with Crippen LogP contribution in [0.5, 0.6) is 5.75 Å². The van der Waals surface area contributed by atoms with E-state index in [9.17, 15) is 17.9 Å². The lowest BCUT2D eigenvalue weighted by Gasteiger charge is -2.10. The average Bonchev–Trinajstić information content (AvgIpc) is 2.33. The van der Waals surface area contributed by atoms with Crippen LogP contribution >= 0.6 is 0 Å². The Hall–Kier alpha value is -2.08. The van der Waals surface area contributed by atoms with Crippen LogP contribution in [0.2, 0.25) is 0 Å². The van der Waals surface area contributed by atoms with Gasteiger partial charge in [0.05, 0.1) is 10.6 Å². The maximum atomic E-state index is 13.0. The minimum Gasteiger partial charge on any atom is -0.508 e. The van der Waals surface area contributed by atoms with E-state index in [4.69, 9.17) is 0 Å². The van der Waals surface area contributed by atoms with Gasteiger partial charge in [-0.1, -0.05) is 6.07 Å². The van der Waals surface area contributed by atoms with Crippen molar-refractivity contribution in [1.82, 2.24) is 0 Å². The summed E-state index contributed by atoms with van der Waals surface area (Å²) in [5.41, 5.74) is 0.905. The summed E-state index contributed by atoms with van der Waals surface area (Å²) in [7, 11) is -3.84. The molecule has 6 heteroatoms. The number of phenols is 1. The minimum atomic E-state index is -3.84. The first-order valence-electron chi connectivity index (χ1n) is 5.46. The molecule has 0 fully saturated rings. The molecule has 0 heterocycles. The first-order chi connectivity index (χ1) is 8.88. The van der Waals surface area contributed by atoms with Crippen molar-refractivity contribution >= 4 is 15.7 Å². The highest BCUT2D eigenvalue weighted by Gasteiger charge is 2.15. The molecule has 2 aromatic carbocycles. The number of sulfonamides is 1. The zero-order chi connectivity index (χ0) is 14.0. The van der Waals surface area contributed by atoms with Crippen molar-refractivity contribution in [2.24, 2.45) is 0 Å². The molecule has 0 aliphatic rings. The molecule has 19 heavy (non-hydrogen) atoms. The summed E-state index contributed by atoms with van der Waals surface area (Å²) in [6.07, 6.45) is 0. The maximum Gasteiger partial charge on any atom is 0.262 e. The molecule has 4 nitrogen and oxygen atoms in total. The van der Waals surface area contributed by atoms with Crippen molar-refractivity contribution in [2.75, 3.05) is 4.72 Å². The van der Waals surface area contributed by atoms with E-state index >= 15 is 0 Å². The summed E-state index contributed by atoms with van der Waals surface area (Å²) in [6, 6.07) is 9.00. The summed E-state index contributed by atoms with van der Waals surface area (Å²) >= 11 is 0. The van der Waals surface area contributed by atoms with Gasteiger partial charge < -0.3 is 5.11 Å². The van der Waals surface area contributed by atoms with Crippen LogP contribution in [0.1, 0.15) is 5.56 Å². The molecule has 0 radical (unpaired) electrons. The van der Waals surface area contributed by atoms with Gasteiger partial charge >= 0.3 is 0 Å². The number of anilines is 1. The van der Waals surface area contributed by atoms with Crippen molar-refractivity contribution in [3.8, 4) is 5.75 Å². The van der Waals surface area contributed by atoms with Crippen LogP contribution in [0.3, 0.4) is 0 Å². The fraction of sp³-hybridized carbons (Fsp3) is 0.0769. The molecule has 0 bridgehead atoms. The monoisotopic (exact) mass is 281 g/mol. The molecule has 2 aromatic rings. The Morgan fingerprint density at radius 1 is 1.16 bits per heavy atom. The lowest BCUT2D eigenvalue weighted by Crippen LogP contribution is -2.13. The van der Waals surface area contributed by atoms with E-state index in [0.717, 1.165) is 6.07 Å². The summed E-state index contributed by atoms with van der Waals surface area (Å²) < 4.78 is 39.5. The molecule has 2 rings (SSSR count). The van der Waals surface area contributed by atoms with Gasteiger partial charge in [0.1, 0.15) is 11.6 Å². The SMILES string of the molecule is Cc1cc(O)ccc1NS(=O)(=O)c1cccc(F)c1. The molecule has 0 unspecified atom stereocenters. The van der Waals surface area contributed by atoms with Crippen LogP contribution < -0.4 is 4.72 Å². The zero-order valence-corrected chi connectivity index (χ0v) is 10.9. The molecule has 0 amide bonds. The van der Waals surface area contributed by atoms with Crippen LogP contribution in [0, 0.1) is 12.7 Å². The number of aryl methyl sites for hydroxylation is 1. The molecule has 0 aromatic heterocycles. The van der Waals surface area contributed by atoms with E-state index in [2.05, 4.69) is 4.72 Å². The number of rotatable bonds is 3. The standard InChI is InChI=1S/C13H12FNO3S/c1-9-7-11(16)5-6-13(9)15-19(17,18)12-4-2-3-10(14)8-12/h2-8,15-16H,1H3. The topological polar surface area (TPSA) is 66.4 Å². The number of nitrogens with one attached hydrogen (secondary N) is 1. The van der Waals surface area contributed by atoms with Crippen molar-refractivity contribution in [3.05, 3.63) is 53.8 Å². The van der Waals surface area contributed by atoms with Crippen molar-refractivity contribution in [1.29, 1.82) is 0 Å². The van der Waals surface area contributed by atoms with E-state index < -0.39 is 15.8 Å². The first-order valence-corrected chi connectivity index (χ1v) is 6.95. The van der Waals surface area contributed by atoms with Gasteiger partial charge in [-0.25, -0.2) is 12.8 Å². The maximum absolute atomic E-state index is 13.0. The van der Waals surface area contributed by atoms with Crippen molar-refractivity contribution in [2.45, 2.75) is 11.8 Å². The number of phenolic OH excluding ortho intramolecular Hbond substituents is 1. The van der Waals surface area contributed by atoms with Gasteiger partial charge in [-0.05, 0) is 48.9 Å². The van der Waals surface area contributed by atoms with E-state index in [1.807, 2.05) is 0 Å². The van der Waals surface area contributed by atoms with Crippen molar-refractivity contribution in [3.63, 3.8) is 0 Å². The summed E-state index contributed by atoms with van der Waals surface area (Å²) in [5.74, 6) is -0.573. The average molecular weight is 281 g/mol. The van der Waals surface area contributed by atoms with Gasteiger partial charge in [0.25, 0.3) is 10.0 Å². The Bertz CT molecular complexity index is 714. The Morgan fingerprint density at radius 3 is 2.53 bits per heavy atom. The van der Waals surface area contributed by atoms with Crippen LogP contribution in [-0.2, 0) is 10.0 Å². The number of hydrogen-bond donors (Lipinski definition) is 2. The van der Waals surface area contributed by atoms with Crippen LogP contribution in [0.25, 0.3) is 0 Å². The molecule has 0 saturated heterocycles. The van der Waals surface area contributed by atoms with E-state index in [1.54, 1.807) is 6.92 Å². The number of benzene rings is 2. The van der Waals surface area contributed by atoms with E-state index in [0.29, 0.717) is 11.3 Å². The Balaban J connectivity index is 2.36. The number of halogens is 1. The number of hydrogen-bond acceptors (Lipinski definition) is 3. The lowest BCUT2D eigenvalue weighted by molar-refractivity contribution is 0.475. The molecule has 0 aliphatic heterocycles. The molecule has 2 N–H and O–H groups in total. The van der Waals surface area contributed by atoms with Crippen LogP contribution in [0.4, 0.5) is 10.1 Å². The Morgan fingerprint density at radius 2 is 1.89 bits per heavy atom. The fourth-order valence-electron chi connectivity index (χ4n) is 1.60. The van der Waals surface area contributed by atoms with Gasteiger partial charge in [0.15, 0.2) is 0 Å². The number of aromatic hydroxyl groups is 1. The second kappa shape index (κ2) is 4.89. The van der Waals surface area contributed by atoms with Gasteiger partial charge in [-0.2, -0.15) is 0 Å². The fourth-order valence-corrected chi connectivity index (χ4v) is 2.76. The first kappa shape index (κ1) is 13.4. The molecule has 0 atom stereocenters. The second-order valence-electron chi connectivity index (χ2n) is 4.06. The lowest BCUT2D eigenvalue weighted by atomic mass is 10.2. The summed E-state index contributed by atoms with van der Waals surface area (Å²) in [4.78, 5) is -0.153. The zero-order valence-electron chi connectivity index (χ0n) is 10.1. The van der Waals surface area contributed by atoms with E-state index in [1.165, 1.54) is 36.4 Å². The Kier molecular flexibility index (Phi) is 3.44. The smallest absolute Gasteiger partial charge is 0.262 e. The molecule has 0 spiro atoms. The summed E-state index contributed by atoms with van der Waals surface area (Å²) in [6.45, 7) is 1.66. The van der Waals surface area contributed by atoms with Gasteiger partial charge in [0.2, 0.25) is 0 Å². The predicted molar refractivity (Wildman–Crippen MR) is 70.1 cm³/mol. The molecule has 100 valence electrons. The summed E-state index contributed by atoms with van der Waals surface area (Å²) in [5, 5.41) is 9.26. The molecule has 0 aliphatic carbocycles. The van der Waals surface area contributed by atoms with Crippen molar-refractivity contribution < 1.29 is 17.9 Å². The largest absolute Gasteiger partial charge is 0.508 e. The van der Waals surface area contributed by atoms with Gasteiger partial charge in [0, 0.05) is 0 Å². The third-order valence-electron chi connectivity index (χ3n) is 2.56. The van der Waals surface area contributed by atoms with Gasteiger partial charge in [-0.15, -0.1) is 0 Å². The highest BCUT2D eigenvalue weighted by Crippen LogP contribution is 2.23. The van der Waals surface area contributed by atoms with Crippen LogP contribution in [0.15, 0.2) is 47.4 Å². The quantitative estimate of drug-likeness (QED) is 0.850. The third kappa shape index (κ3) is 3.03. The molecular formula is C13H12FNO3S. The predicted octanol–water partition coefficient (Wildman–Crippen LogP) is 2.64. The normalized spacial score (nSPS) is 11.3. The second-order valence-corrected chi connectivity index (χ2v) is 5.74. The van der Waals surface area contributed by atoms with Gasteiger partial charge in [-0.3, -0.25) is 4.72 Å².